The molecule has 0 amide bonds. The Hall–Kier alpha value is -2.24. The highest BCUT2D eigenvalue weighted by molar-refractivity contribution is 5.74. The minimum Gasteiger partial charge on any atom is -0.341 e. The first kappa shape index (κ1) is 17.2. The SMILES string of the molecule is Cc1cccnc1[C@@H]1CCC[C@H](c2nc3ccccc3[nH]2)N1CCCN. The fourth-order valence-electron chi connectivity index (χ4n) is 4.20. The summed E-state index contributed by atoms with van der Waals surface area (Å²) in [6, 6.07) is 13.1. The highest BCUT2D eigenvalue weighted by atomic mass is 15.2. The third-order valence-corrected chi connectivity index (χ3v) is 5.47. The fraction of sp³-hybridized carbons (Fsp3) is 0.429. The molecule has 1 aromatic carbocycles. The van der Waals surface area contributed by atoms with E-state index in [0.29, 0.717) is 12.6 Å². The lowest BCUT2D eigenvalue weighted by atomic mass is 9.91. The second-order valence-corrected chi connectivity index (χ2v) is 7.19. The van der Waals surface area contributed by atoms with Crippen LogP contribution in [0.1, 0.15) is 54.8 Å². The fourth-order valence-corrected chi connectivity index (χ4v) is 4.20. The molecule has 1 aliphatic rings. The number of fused-ring (bicyclic) bond motifs is 1. The van der Waals surface area contributed by atoms with E-state index in [2.05, 4.69) is 41.1 Å². The predicted octanol–water partition coefficient (Wildman–Crippen LogP) is 3.88. The first-order valence-corrected chi connectivity index (χ1v) is 9.60. The molecule has 26 heavy (non-hydrogen) atoms. The van der Waals surface area contributed by atoms with Crippen molar-refractivity contribution in [3.05, 3.63) is 59.7 Å². The molecule has 5 nitrogen and oxygen atoms in total. The first-order chi connectivity index (χ1) is 12.8. The van der Waals surface area contributed by atoms with Gasteiger partial charge >= 0.3 is 0 Å². The van der Waals surface area contributed by atoms with Gasteiger partial charge in [-0.05, 0) is 62.9 Å². The molecule has 0 aliphatic carbocycles. The van der Waals surface area contributed by atoms with E-state index in [1.807, 2.05) is 18.3 Å². The van der Waals surface area contributed by atoms with Gasteiger partial charge in [-0.25, -0.2) is 4.98 Å². The Morgan fingerprint density at radius 3 is 2.81 bits per heavy atom. The average Bonchev–Trinajstić information content (AvgIpc) is 3.10. The highest BCUT2D eigenvalue weighted by Crippen LogP contribution is 2.41. The summed E-state index contributed by atoms with van der Waals surface area (Å²) >= 11 is 0. The van der Waals surface area contributed by atoms with Gasteiger partial charge in [-0.3, -0.25) is 9.88 Å². The summed E-state index contributed by atoms with van der Waals surface area (Å²) in [6.45, 7) is 3.84. The van der Waals surface area contributed by atoms with Gasteiger partial charge in [-0.1, -0.05) is 18.2 Å². The maximum Gasteiger partial charge on any atom is 0.124 e. The van der Waals surface area contributed by atoms with Crippen molar-refractivity contribution in [2.24, 2.45) is 5.73 Å². The number of aromatic nitrogens is 3. The number of H-pyrrole nitrogens is 1. The van der Waals surface area contributed by atoms with Gasteiger partial charge in [-0.15, -0.1) is 0 Å². The summed E-state index contributed by atoms with van der Waals surface area (Å²) < 4.78 is 0. The number of piperidine rings is 1. The molecule has 3 aromatic rings. The molecule has 1 aliphatic heterocycles. The Morgan fingerprint density at radius 2 is 2.00 bits per heavy atom. The molecule has 4 rings (SSSR count). The first-order valence-electron chi connectivity index (χ1n) is 9.60. The second-order valence-electron chi connectivity index (χ2n) is 7.19. The van der Waals surface area contributed by atoms with E-state index in [1.54, 1.807) is 0 Å². The van der Waals surface area contributed by atoms with Crippen LogP contribution in [0.3, 0.4) is 0 Å². The van der Waals surface area contributed by atoms with Crippen molar-refractivity contribution in [1.82, 2.24) is 19.9 Å². The lowest BCUT2D eigenvalue weighted by molar-refractivity contribution is 0.0740. The van der Waals surface area contributed by atoms with E-state index in [4.69, 9.17) is 15.7 Å². The summed E-state index contributed by atoms with van der Waals surface area (Å²) in [7, 11) is 0. The predicted molar refractivity (Wildman–Crippen MR) is 105 cm³/mol. The van der Waals surface area contributed by atoms with Crippen LogP contribution in [-0.2, 0) is 0 Å². The van der Waals surface area contributed by atoms with Crippen LogP contribution in [0.4, 0.5) is 0 Å². The quantitative estimate of drug-likeness (QED) is 0.733. The number of pyridine rings is 1. The molecule has 0 radical (unpaired) electrons. The zero-order valence-corrected chi connectivity index (χ0v) is 15.4. The molecule has 5 heteroatoms. The number of aromatic amines is 1. The molecule has 3 N–H and O–H groups in total. The van der Waals surface area contributed by atoms with E-state index in [1.165, 1.54) is 17.7 Å². The van der Waals surface area contributed by atoms with Gasteiger partial charge in [0.1, 0.15) is 5.82 Å². The Labute approximate surface area is 154 Å². The molecule has 0 saturated carbocycles. The number of likely N-dealkylation sites (tertiary alicyclic amines) is 1. The Balaban J connectivity index is 1.71. The molecular weight excluding hydrogens is 322 g/mol. The van der Waals surface area contributed by atoms with Crippen molar-refractivity contribution in [2.45, 2.75) is 44.7 Å². The summed E-state index contributed by atoms with van der Waals surface area (Å²) in [6.07, 6.45) is 6.33. The summed E-state index contributed by atoms with van der Waals surface area (Å²) in [5.41, 5.74) is 10.5. The Morgan fingerprint density at radius 1 is 1.15 bits per heavy atom. The van der Waals surface area contributed by atoms with Crippen LogP contribution in [-0.4, -0.2) is 32.9 Å². The van der Waals surface area contributed by atoms with Crippen molar-refractivity contribution in [2.75, 3.05) is 13.1 Å². The third-order valence-electron chi connectivity index (χ3n) is 5.47. The summed E-state index contributed by atoms with van der Waals surface area (Å²) in [5, 5.41) is 0. The monoisotopic (exact) mass is 349 g/mol. The largest absolute Gasteiger partial charge is 0.341 e. The average molecular weight is 349 g/mol. The van der Waals surface area contributed by atoms with E-state index < -0.39 is 0 Å². The van der Waals surface area contributed by atoms with Gasteiger partial charge < -0.3 is 10.7 Å². The van der Waals surface area contributed by atoms with Crippen molar-refractivity contribution in [3.8, 4) is 0 Å². The standard InChI is InChI=1S/C21H27N5/c1-15-7-5-13-23-20(15)18-10-4-11-19(26(18)14-6-12-22)21-24-16-8-2-3-9-17(16)25-21/h2-3,5,7-9,13,18-19H,4,6,10-12,14,22H2,1H3,(H,24,25)/t18-,19+/m0/s1. The van der Waals surface area contributed by atoms with Crippen molar-refractivity contribution in [1.29, 1.82) is 0 Å². The number of nitrogens with zero attached hydrogens (tertiary/aromatic N) is 3. The van der Waals surface area contributed by atoms with Crippen LogP contribution in [0.5, 0.6) is 0 Å². The topological polar surface area (TPSA) is 70.8 Å². The second kappa shape index (κ2) is 7.56. The number of aryl methyl sites for hydroxylation is 1. The van der Waals surface area contributed by atoms with E-state index >= 15 is 0 Å². The van der Waals surface area contributed by atoms with Crippen molar-refractivity contribution < 1.29 is 0 Å². The Bertz CT molecular complexity index is 838. The van der Waals surface area contributed by atoms with Gasteiger partial charge in [0.05, 0.1) is 28.8 Å². The van der Waals surface area contributed by atoms with E-state index in [0.717, 1.165) is 42.7 Å². The van der Waals surface area contributed by atoms with Crippen molar-refractivity contribution >= 4 is 11.0 Å². The molecular formula is C21H27N5. The minimum atomic E-state index is 0.286. The number of hydrogen-bond donors (Lipinski definition) is 2. The lowest BCUT2D eigenvalue weighted by Crippen LogP contribution is -2.39. The summed E-state index contributed by atoms with van der Waals surface area (Å²) in [5.74, 6) is 1.07. The maximum absolute atomic E-state index is 5.84. The van der Waals surface area contributed by atoms with Crippen molar-refractivity contribution in [3.63, 3.8) is 0 Å². The lowest BCUT2D eigenvalue weighted by Gasteiger charge is -2.41. The van der Waals surface area contributed by atoms with Gasteiger partial charge in [-0.2, -0.15) is 0 Å². The maximum atomic E-state index is 5.84. The smallest absolute Gasteiger partial charge is 0.124 e. The van der Waals surface area contributed by atoms with Crippen LogP contribution in [0, 0.1) is 6.92 Å². The molecule has 136 valence electrons. The number of nitrogens with one attached hydrogen (secondary N) is 1. The molecule has 0 spiro atoms. The van der Waals surface area contributed by atoms with Gasteiger partial charge in [0, 0.05) is 12.7 Å². The van der Waals surface area contributed by atoms with Gasteiger partial charge in [0.25, 0.3) is 0 Å². The van der Waals surface area contributed by atoms with E-state index in [-0.39, 0.29) is 6.04 Å². The van der Waals surface area contributed by atoms with Crippen LogP contribution in [0.15, 0.2) is 42.6 Å². The molecule has 2 atom stereocenters. The zero-order valence-electron chi connectivity index (χ0n) is 15.4. The Kier molecular flexibility index (Phi) is 5.00. The van der Waals surface area contributed by atoms with Gasteiger partial charge in [0.15, 0.2) is 0 Å². The normalized spacial score (nSPS) is 21.3. The molecule has 0 bridgehead atoms. The number of benzene rings is 1. The van der Waals surface area contributed by atoms with Crippen LogP contribution >= 0.6 is 0 Å². The molecule has 1 saturated heterocycles. The van der Waals surface area contributed by atoms with Crippen LogP contribution in [0.2, 0.25) is 0 Å². The third kappa shape index (κ3) is 3.24. The number of hydrogen-bond acceptors (Lipinski definition) is 4. The molecule has 3 heterocycles. The zero-order chi connectivity index (χ0) is 17.9. The molecule has 2 aromatic heterocycles. The van der Waals surface area contributed by atoms with E-state index in [9.17, 15) is 0 Å². The van der Waals surface area contributed by atoms with Crippen LogP contribution in [0.25, 0.3) is 11.0 Å². The molecule has 1 fully saturated rings. The minimum absolute atomic E-state index is 0.286. The number of rotatable bonds is 5. The highest BCUT2D eigenvalue weighted by Gasteiger charge is 2.35. The number of para-hydroxylation sites is 2. The van der Waals surface area contributed by atoms with Gasteiger partial charge in [0.2, 0.25) is 0 Å². The van der Waals surface area contributed by atoms with Crippen LogP contribution < -0.4 is 5.73 Å². The molecule has 0 unspecified atom stereocenters. The summed E-state index contributed by atoms with van der Waals surface area (Å²) in [4.78, 5) is 15.8. The number of imidazole rings is 1. The number of nitrogens with two attached hydrogens (primary N) is 1.